The van der Waals surface area contributed by atoms with Gasteiger partial charge in [0.05, 0.1) is 30.5 Å². The van der Waals surface area contributed by atoms with Crippen LogP contribution in [0.3, 0.4) is 0 Å². The molecule has 2 aliphatic heterocycles. The number of morpholine rings is 1. The summed E-state index contributed by atoms with van der Waals surface area (Å²) >= 11 is 5.83. The van der Waals surface area contributed by atoms with Gasteiger partial charge in [-0.3, -0.25) is 4.98 Å². The van der Waals surface area contributed by atoms with Gasteiger partial charge in [-0.05, 0) is 66.8 Å². The van der Waals surface area contributed by atoms with Crippen LogP contribution in [0.4, 0.5) is 11.4 Å². The predicted octanol–water partition coefficient (Wildman–Crippen LogP) is 5.05. The molecule has 0 aliphatic carbocycles. The fourth-order valence-electron chi connectivity index (χ4n) is 5.11. The first kappa shape index (κ1) is 24.1. The molecule has 0 amide bonds. The van der Waals surface area contributed by atoms with Gasteiger partial charge < -0.3 is 29.4 Å². The fourth-order valence-corrected chi connectivity index (χ4v) is 5.45. The lowest BCUT2D eigenvalue weighted by molar-refractivity contribution is 0.0697. The summed E-state index contributed by atoms with van der Waals surface area (Å²) in [6.45, 7) is 3.17. The van der Waals surface area contributed by atoms with Gasteiger partial charge in [0.1, 0.15) is 17.6 Å². The van der Waals surface area contributed by atoms with Crippen molar-refractivity contribution in [3.63, 3.8) is 0 Å². The van der Waals surface area contributed by atoms with Crippen LogP contribution in [0.2, 0.25) is 0 Å². The second-order valence-electron chi connectivity index (χ2n) is 9.17. The summed E-state index contributed by atoms with van der Waals surface area (Å²) in [5.74, 6) is 0.134. The normalized spacial score (nSPS) is 19.4. The predicted molar refractivity (Wildman–Crippen MR) is 149 cm³/mol. The number of carbonyl (C=O) groups is 1. The van der Waals surface area contributed by atoms with Gasteiger partial charge in [0.15, 0.2) is 5.11 Å². The first-order valence-electron chi connectivity index (χ1n) is 12.5. The van der Waals surface area contributed by atoms with Crippen molar-refractivity contribution < 1.29 is 19.1 Å². The number of hydrogen-bond donors (Lipinski definition) is 2. The lowest BCUT2D eigenvalue weighted by atomic mass is 10.0. The zero-order valence-corrected chi connectivity index (χ0v) is 21.3. The molecule has 0 bridgehead atoms. The van der Waals surface area contributed by atoms with Crippen molar-refractivity contribution in [3.05, 3.63) is 102 Å². The van der Waals surface area contributed by atoms with Gasteiger partial charge in [-0.1, -0.05) is 24.3 Å². The van der Waals surface area contributed by atoms with Crippen LogP contribution in [-0.4, -0.2) is 47.5 Å². The summed E-state index contributed by atoms with van der Waals surface area (Å²) in [7, 11) is 0. The molecule has 2 aromatic carbocycles. The van der Waals surface area contributed by atoms with Crippen LogP contribution in [0.1, 0.15) is 33.9 Å². The van der Waals surface area contributed by atoms with E-state index in [1.807, 2.05) is 35.2 Å². The van der Waals surface area contributed by atoms with Crippen molar-refractivity contribution in [1.29, 1.82) is 0 Å². The average molecular weight is 527 g/mol. The average Bonchev–Trinajstić information content (AvgIpc) is 3.59. The van der Waals surface area contributed by atoms with Gasteiger partial charge >= 0.3 is 5.97 Å². The van der Waals surface area contributed by atoms with Crippen molar-refractivity contribution in [3.8, 4) is 11.3 Å². The number of carboxylic acid groups (broad SMARTS) is 1. The molecular weight excluding hydrogens is 500 g/mol. The van der Waals surface area contributed by atoms with Gasteiger partial charge in [0.25, 0.3) is 0 Å². The van der Waals surface area contributed by atoms with Crippen molar-refractivity contribution >= 4 is 34.7 Å². The Bertz CT molecular complexity index is 1450. The van der Waals surface area contributed by atoms with Gasteiger partial charge in [-0.15, -0.1) is 0 Å². The molecule has 38 heavy (non-hydrogen) atoms. The zero-order chi connectivity index (χ0) is 26.1. The molecule has 2 aromatic heterocycles. The third kappa shape index (κ3) is 4.51. The van der Waals surface area contributed by atoms with Gasteiger partial charge in [0.2, 0.25) is 0 Å². The number of hydrogen-bond acceptors (Lipinski definition) is 6. The third-order valence-corrected chi connectivity index (χ3v) is 7.26. The van der Waals surface area contributed by atoms with E-state index in [-0.39, 0.29) is 17.6 Å². The summed E-state index contributed by atoms with van der Waals surface area (Å²) in [5, 5.41) is 13.7. The molecule has 2 N–H and O–H groups in total. The van der Waals surface area contributed by atoms with E-state index in [2.05, 4.69) is 39.5 Å². The number of aromatic carboxylic acids is 1. The summed E-state index contributed by atoms with van der Waals surface area (Å²) in [5.41, 5.74) is 3.60. The second kappa shape index (κ2) is 10.3. The Morgan fingerprint density at radius 1 is 0.947 bits per heavy atom. The largest absolute Gasteiger partial charge is 0.478 e. The molecule has 0 spiro atoms. The molecule has 9 heteroatoms. The molecule has 2 saturated heterocycles. The lowest BCUT2D eigenvalue weighted by Crippen LogP contribution is -2.36. The number of thiocarbonyl (C=S) groups is 1. The molecule has 8 nitrogen and oxygen atoms in total. The minimum Gasteiger partial charge on any atom is -0.478 e. The van der Waals surface area contributed by atoms with Crippen LogP contribution in [0.5, 0.6) is 0 Å². The molecule has 2 unspecified atom stereocenters. The summed E-state index contributed by atoms with van der Waals surface area (Å²) in [6.07, 6.45) is 1.76. The van der Waals surface area contributed by atoms with Crippen LogP contribution in [0.25, 0.3) is 11.3 Å². The molecule has 4 heterocycles. The zero-order valence-electron chi connectivity index (χ0n) is 20.5. The maximum atomic E-state index is 11.8. The highest BCUT2D eigenvalue weighted by atomic mass is 32.1. The molecule has 0 saturated carbocycles. The summed E-state index contributed by atoms with van der Waals surface area (Å²) in [6, 6.07) is 24.0. The van der Waals surface area contributed by atoms with Crippen LogP contribution < -0.4 is 15.1 Å². The Balaban J connectivity index is 1.39. The van der Waals surface area contributed by atoms with Crippen molar-refractivity contribution in [1.82, 2.24) is 10.3 Å². The maximum absolute atomic E-state index is 11.8. The van der Waals surface area contributed by atoms with Gasteiger partial charge in [0, 0.05) is 36.2 Å². The molecule has 4 aromatic rings. The van der Waals surface area contributed by atoms with E-state index in [9.17, 15) is 9.90 Å². The van der Waals surface area contributed by atoms with E-state index in [1.54, 1.807) is 30.5 Å². The number of ether oxygens (including phenoxy) is 1. The topological polar surface area (TPSA) is 91.1 Å². The summed E-state index contributed by atoms with van der Waals surface area (Å²) < 4.78 is 11.8. The Kier molecular flexibility index (Phi) is 6.53. The van der Waals surface area contributed by atoms with Crippen molar-refractivity contribution in [2.45, 2.75) is 12.1 Å². The first-order chi connectivity index (χ1) is 18.6. The quantitative estimate of drug-likeness (QED) is 0.335. The second-order valence-corrected chi connectivity index (χ2v) is 9.55. The SMILES string of the molecule is O=C(O)c1ccccc1-c1ccc(C2C(c3ccccn3)NC(=S)N2c2ccc(N3CCOCC3)cc2)o1. The minimum absolute atomic E-state index is 0.185. The number of anilines is 2. The number of nitrogens with one attached hydrogen (secondary N) is 1. The Morgan fingerprint density at radius 2 is 1.68 bits per heavy atom. The molecular formula is C29H26N4O4S. The smallest absolute Gasteiger partial charge is 0.336 e. The van der Waals surface area contributed by atoms with E-state index in [4.69, 9.17) is 21.4 Å². The number of furan rings is 1. The number of rotatable bonds is 6. The molecule has 192 valence electrons. The number of aromatic nitrogens is 1. The molecule has 2 aliphatic rings. The standard InChI is InChI=1S/C29H26N4O4S/c34-28(35)22-6-2-1-5-21(22)24-12-13-25(37-24)27-26(23-7-3-4-14-30-23)31-29(38)33(27)20-10-8-19(9-11-20)32-15-17-36-18-16-32/h1-14,26-27H,15-18H2,(H,31,38)(H,34,35). The van der Waals surface area contributed by atoms with E-state index < -0.39 is 5.97 Å². The Labute approximate surface area is 225 Å². The highest BCUT2D eigenvalue weighted by Crippen LogP contribution is 2.43. The molecule has 0 radical (unpaired) electrons. The Hall–Kier alpha value is -4.21. The van der Waals surface area contributed by atoms with Crippen LogP contribution in [-0.2, 0) is 4.74 Å². The lowest BCUT2D eigenvalue weighted by Gasteiger charge is -2.30. The number of carboxylic acids is 1. The van der Waals surface area contributed by atoms with E-state index in [1.165, 1.54) is 0 Å². The van der Waals surface area contributed by atoms with E-state index in [0.717, 1.165) is 43.4 Å². The highest BCUT2D eigenvalue weighted by molar-refractivity contribution is 7.80. The van der Waals surface area contributed by atoms with Crippen molar-refractivity contribution in [2.75, 3.05) is 36.1 Å². The monoisotopic (exact) mass is 526 g/mol. The van der Waals surface area contributed by atoms with Gasteiger partial charge in [-0.2, -0.15) is 0 Å². The molecule has 2 atom stereocenters. The number of pyridine rings is 1. The third-order valence-electron chi connectivity index (χ3n) is 6.94. The number of benzene rings is 2. The van der Waals surface area contributed by atoms with Gasteiger partial charge in [-0.25, -0.2) is 4.79 Å². The fraction of sp³-hybridized carbons (Fsp3) is 0.207. The summed E-state index contributed by atoms with van der Waals surface area (Å²) in [4.78, 5) is 20.8. The molecule has 6 rings (SSSR count). The Morgan fingerprint density at radius 3 is 2.42 bits per heavy atom. The molecule has 2 fully saturated rings. The van der Waals surface area contributed by atoms with E-state index >= 15 is 0 Å². The first-order valence-corrected chi connectivity index (χ1v) is 12.9. The number of nitrogens with zero attached hydrogens (tertiary/aromatic N) is 3. The van der Waals surface area contributed by atoms with Crippen LogP contribution >= 0.6 is 12.2 Å². The maximum Gasteiger partial charge on any atom is 0.336 e. The minimum atomic E-state index is -1.00. The van der Waals surface area contributed by atoms with E-state index in [0.29, 0.717) is 22.2 Å². The highest BCUT2D eigenvalue weighted by Gasteiger charge is 2.42. The van der Waals surface area contributed by atoms with Crippen molar-refractivity contribution in [2.24, 2.45) is 0 Å². The van der Waals surface area contributed by atoms with Crippen LogP contribution in [0.15, 0.2) is 89.5 Å². The van der Waals surface area contributed by atoms with Crippen LogP contribution in [0, 0.1) is 0 Å².